The molecule has 19 heavy (non-hydrogen) atoms. The van der Waals surface area contributed by atoms with E-state index < -0.39 is 0 Å². The van der Waals surface area contributed by atoms with E-state index in [0.29, 0.717) is 12.1 Å². The first kappa shape index (κ1) is 11.8. The van der Waals surface area contributed by atoms with Crippen molar-refractivity contribution < 1.29 is 4.39 Å². The zero-order chi connectivity index (χ0) is 13.2. The molecule has 0 N–H and O–H groups in total. The van der Waals surface area contributed by atoms with Crippen LogP contribution in [0, 0.1) is 5.82 Å². The Morgan fingerprint density at radius 3 is 2.79 bits per heavy atom. The van der Waals surface area contributed by atoms with Gasteiger partial charge in [-0.3, -0.25) is 0 Å². The normalized spacial score (nSPS) is 11.1. The number of halogens is 1. The Kier molecular flexibility index (Phi) is 2.99. The molecule has 0 aliphatic rings. The third kappa shape index (κ3) is 2.10. The first-order valence-corrected chi connectivity index (χ1v) is 6.33. The van der Waals surface area contributed by atoms with Gasteiger partial charge in [-0.2, -0.15) is 0 Å². The lowest BCUT2D eigenvalue weighted by Gasteiger charge is -2.08. The van der Waals surface area contributed by atoms with Gasteiger partial charge >= 0.3 is 0 Å². The Hall–Kier alpha value is -2.23. The summed E-state index contributed by atoms with van der Waals surface area (Å²) < 4.78 is 15.7. The Bertz CT molecular complexity index is 718. The minimum atomic E-state index is -0.192. The van der Waals surface area contributed by atoms with Gasteiger partial charge in [-0.05, 0) is 18.2 Å². The van der Waals surface area contributed by atoms with Crippen LogP contribution in [0.5, 0.6) is 0 Å². The van der Waals surface area contributed by atoms with Gasteiger partial charge in [0.05, 0.1) is 6.54 Å². The van der Waals surface area contributed by atoms with Gasteiger partial charge in [-0.25, -0.2) is 14.4 Å². The summed E-state index contributed by atoms with van der Waals surface area (Å²) in [5, 5.41) is 0. The van der Waals surface area contributed by atoms with Crippen molar-refractivity contribution >= 4 is 11.2 Å². The molecule has 0 spiro atoms. The van der Waals surface area contributed by atoms with E-state index in [9.17, 15) is 4.39 Å². The second-order valence-electron chi connectivity index (χ2n) is 4.41. The van der Waals surface area contributed by atoms with Gasteiger partial charge in [-0.15, -0.1) is 0 Å². The highest BCUT2D eigenvalue weighted by Gasteiger charge is 2.11. The van der Waals surface area contributed by atoms with Crippen molar-refractivity contribution in [1.82, 2.24) is 14.5 Å². The minimum absolute atomic E-state index is 0.192. The lowest BCUT2D eigenvalue weighted by molar-refractivity contribution is 0.597. The molecule has 0 saturated heterocycles. The molecule has 4 heteroatoms. The van der Waals surface area contributed by atoms with Crippen LogP contribution in [0.25, 0.3) is 11.2 Å². The van der Waals surface area contributed by atoms with E-state index >= 15 is 0 Å². The molecule has 0 bridgehead atoms. The molecule has 96 valence electrons. The van der Waals surface area contributed by atoms with Crippen molar-refractivity contribution in [1.29, 1.82) is 0 Å². The van der Waals surface area contributed by atoms with Gasteiger partial charge in [-0.1, -0.05) is 25.1 Å². The van der Waals surface area contributed by atoms with Gasteiger partial charge in [0.25, 0.3) is 0 Å². The molecule has 0 fully saturated rings. The third-order valence-corrected chi connectivity index (χ3v) is 3.19. The highest BCUT2D eigenvalue weighted by atomic mass is 19.1. The van der Waals surface area contributed by atoms with Crippen LogP contribution in [0.15, 0.2) is 42.6 Å². The number of imidazole rings is 1. The van der Waals surface area contributed by atoms with E-state index in [2.05, 4.69) is 9.97 Å². The fraction of sp³-hybridized carbons (Fsp3) is 0.200. The summed E-state index contributed by atoms with van der Waals surface area (Å²) >= 11 is 0. The second-order valence-corrected chi connectivity index (χ2v) is 4.41. The van der Waals surface area contributed by atoms with Gasteiger partial charge in [0, 0.05) is 18.2 Å². The minimum Gasteiger partial charge on any atom is -0.308 e. The molecule has 0 amide bonds. The molecule has 0 atom stereocenters. The van der Waals surface area contributed by atoms with Crippen molar-refractivity contribution in [2.24, 2.45) is 0 Å². The van der Waals surface area contributed by atoms with Crippen molar-refractivity contribution in [3.8, 4) is 0 Å². The molecule has 0 unspecified atom stereocenters. The predicted octanol–water partition coefficient (Wildman–Crippen LogP) is 3.18. The van der Waals surface area contributed by atoms with Gasteiger partial charge in [0.2, 0.25) is 0 Å². The zero-order valence-electron chi connectivity index (χ0n) is 10.7. The molecule has 2 heterocycles. The van der Waals surface area contributed by atoms with Crippen molar-refractivity contribution in [2.45, 2.75) is 19.9 Å². The third-order valence-electron chi connectivity index (χ3n) is 3.19. The average Bonchev–Trinajstić information content (AvgIpc) is 2.79. The van der Waals surface area contributed by atoms with Crippen LogP contribution < -0.4 is 0 Å². The number of aryl methyl sites for hydroxylation is 1. The highest BCUT2D eigenvalue weighted by Crippen LogP contribution is 2.17. The maximum atomic E-state index is 13.8. The van der Waals surface area contributed by atoms with E-state index in [1.54, 1.807) is 18.3 Å². The van der Waals surface area contributed by atoms with Crippen LogP contribution in [-0.4, -0.2) is 14.5 Å². The fourth-order valence-electron chi connectivity index (χ4n) is 2.24. The fourth-order valence-corrected chi connectivity index (χ4v) is 2.24. The lowest BCUT2D eigenvalue weighted by atomic mass is 10.2. The average molecular weight is 255 g/mol. The summed E-state index contributed by atoms with van der Waals surface area (Å²) in [6, 6.07) is 10.6. The predicted molar refractivity (Wildman–Crippen MR) is 72.4 cm³/mol. The number of fused-ring (bicyclic) bond motifs is 1. The molecule has 0 aliphatic heterocycles. The Balaban J connectivity index is 2.12. The molecule has 1 aromatic carbocycles. The van der Waals surface area contributed by atoms with Crippen molar-refractivity contribution in [3.63, 3.8) is 0 Å². The molecule has 3 nitrogen and oxygen atoms in total. The highest BCUT2D eigenvalue weighted by molar-refractivity contribution is 5.71. The summed E-state index contributed by atoms with van der Waals surface area (Å²) in [4.78, 5) is 8.89. The van der Waals surface area contributed by atoms with Crippen LogP contribution in [0.3, 0.4) is 0 Å². The SMILES string of the molecule is CCc1nc2cccnc2n1Cc1ccccc1F. The number of hydrogen-bond acceptors (Lipinski definition) is 2. The lowest BCUT2D eigenvalue weighted by Crippen LogP contribution is -2.06. The largest absolute Gasteiger partial charge is 0.308 e. The topological polar surface area (TPSA) is 30.7 Å². The molecule has 3 rings (SSSR count). The number of benzene rings is 1. The molecule has 0 radical (unpaired) electrons. The van der Waals surface area contributed by atoms with E-state index in [-0.39, 0.29) is 5.82 Å². The van der Waals surface area contributed by atoms with Crippen molar-refractivity contribution in [3.05, 3.63) is 59.8 Å². The first-order chi connectivity index (χ1) is 9.29. The number of nitrogens with zero attached hydrogens (tertiary/aromatic N) is 3. The van der Waals surface area contributed by atoms with Gasteiger partial charge < -0.3 is 4.57 Å². The summed E-state index contributed by atoms with van der Waals surface area (Å²) in [5.41, 5.74) is 2.32. The number of aromatic nitrogens is 3. The summed E-state index contributed by atoms with van der Waals surface area (Å²) in [6.45, 7) is 2.50. The number of pyridine rings is 1. The molecule has 0 saturated carbocycles. The zero-order valence-corrected chi connectivity index (χ0v) is 10.7. The second kappa shape index (κ2) is 4.80. The molecule has 0 aliphatic carbocycles. The standard InChI is InChI=1S/C15H14FN3/c1-2-14-18-13-8-5-9-17-15(13)19(14)10-11-6-3-4-7-12(11)16/h3-9H,2,10H2,1H3. The maximum Gasteiger partial charge on any atom is 0.160 e. The maximum absolute atomic E-state index is 13.8. The summed E-state index contributed by atoms with van der Waals surface area (Å²) in [5.74, 6) is 0.735. The van der Waals surface area contributed by atoms with Gasteiger partial charge in [0.1, 0.15) is 17.2 Å². The van der Waals surface area contributed by atoms with E-state index in [1.807, 2.05) is 29.7 Å². The van der Waals surface area contributed by atoms with Crippen LogP contribution in [0.4, 0.5) is 4.39 Å². The van der Waals surface area contributed by atoms with Gasteiger partial charge in [0.15, 0.2) is 5.65 Å². The molecule has 2 aromatic heterocycles. The van der Waals surface area contributed by atoms with Crippen LogP contribution in [0.1, 0.15) is 18.3 Å². The van der Waals surface area contributed by atoms with E-state index in [4.69, 9.17) is 0 Å². The quantitative estimate of drug-likeness (QED) is 0.719. The Labute approximate surface area is 110 Å². The molecular weight excluding hydrogens is 241 g/mol. The van der Waals surface area contributed by atoms with Crippen molar-refractivity contribution in [2.75, 3.05) is 0 Å². The van der Waals surface area contributed by atoms with Crippen LogP contribution in [0.2, 0.25) is 0 Å². The molecular formula is C15H14FN3. The smallest absolute Gasteiger partial charge is 0.160 e. The van der Waals surface area contributed by atoms with E-state index in [1.165, 1.54) is 6.07 Å². The van der Waals surface area contributed by atoms with Crippen LogP contribution >= 0.6 is 0 Å². The number of hydrogen-bond donors (Lipinski definition) is 0. The first-order valence-electron chi connectivity index (χ1n) is 6.33. The summed E-state index contributed by atoms with van der Waals surface area (Å²) in [6.07, 6.45) is 2.53. The summed E-state index contributed by atoms with van der Waals surface area (Å²) in [7, 11) is 0. The van der Waals surface area contributed by atoms with E-state index in [0.717, 1.165) is 23.4 Å². The molecule has 3 aromatic rings. The van der Waals surface area contributed by atoms with Crippen LogP contribution in [-0.2, 0) is 13.0 Å². The monoisotopic (exact) mass is 255 g/mol. The Morgan fingerprint density at radius 1 is 1.16 bits per heavy atom. The number of rotatable bonds is 3. The Morgan fingerprint density at radius 2 is 2.00 bits per heavy atom.